The van der Waals surface area contributed by atoms with E-state index < -0.39 is 59.3 Å². The van der Waals surface area contributed by atoms with Crippen LogP contribution < -0.4 is 9.44 Å². The average molecular weight is 497 g/mol. The van der Waals surface area contributed by atoms with Gasteiger partial charge < -0.3 is 0 Å². The molecule has 0 amide bonds. The molecule has 6 nitrogen and oxygen atoms in total. The van der Waals surface area contributed by atoms with E-state index in [2.05, 4.69) is 0 Å². The fourth-order valence-electron chi connectivity index (χ4n) is 2.07. The van der Waals surface area contributed by atoms with Crippen LogP contribution in [0.15, 0.2) is 52.3 Å². The van der Waals surface area contributed by atoms with Crippen molar-refractivity contribution in [3.8, 4) is 0 Å². The fraction of sp³-hybridized carbons (Fsp3) is 0.200. The normalized spacial score (nSPS) is 13.3. The largest absolute Gasteiger partial charge is 0.417 e. The van der Waals surface area contributed by atoms with Crippen LogP contribution >= 0.6 is 11.6 Å². The number of sulfonamides is 2. The Morgan fingerprint density at radius 2 is 1.33 bits per heavy atom. The van der Waals surface area contributed by atoms with Gasteiger partial charge in [0.1, 0.15) is 6.54 Å². The summed E-state index contributed by atoms with van der Waals surface area (Å²) in [6.07, 6.45) is -9.68. The molecular formula is C15H11ClF6N2O4S2. The molecule has 2 rings (SSSR count). The van der Waals surface area contributed by atoms with E-state index in [0.717, 1.165) is 36.4 Å². The lowest BCUT2D eigenvalue weighted by Crippen LogP contribution is -2.33. The summed E-state index contributed by atoms with van der Waals surface area (Å²) in [5, 5.41) is -0.706. The molecule has 0 saturated carbocycles. The third-order valence-electron chi connectivity index (χ3n) is 3.43. The van der Waals surface area contributed by atoms with Gasteiger partial charge in [-0.25, -0.2) is 21.6 Å². The zero-order chi connectivity index (χ0) is 23.0. The second-order valence-electron chi connectivity index (χ2n) is 5.71. The molecule has 0 aliphatic rings. The van der Waals surface area contributed by atoms with E-state index in [-0.39, 0.29) is 5.69 Å². The van der Waals surface area contributed by atoms with E-state index in [4.69, 9.17) is 11.6 Å². The number of nitrogens with one attached hydrogen (secondary N) is 2. The van der Waals surface area contributed by atoms with Gasteiger partial charge in [-0.3, -0.25) is 4.72 Å². The van der Waals surface area contributed by atoms with Gasteiger partial charge in [0, 0.05) is 5.69 Å². The van der Waals surface area contributed by atoms with Crippen molar-refractivity contribution >= 4 is 37.3 Å². The molecular weight excluding hydrogens is 486 g/mol. The van der Waals surface area contributed by atoms with Crippen LogP contribution in [0.3, 0.4) is 0 Å². The molecule has 0 saturated heterocycles. The number of anilines is 1. The van der Waals surface area contributed by atoms with Gasteiger partial charge in [-0.1, -0.05) is 11.6 Å². The van der Waals surface area contributed by atoms with E-state index >= 15 is 0 Å². The van der Waals surface area contributed by atoms with Gasteiger partial charge in [-0.15, -0.1) is 0 Å². The van der Waals surface area contributed by atoms with Crippen molar-refractivity contribution in [3.05, 3.63) is 53.1 Å². The zero-order valence-electron chi connectivity index (χ0n) is 14.3. The number of hydrogen-bond acceptors (Lipinski definition) is 4. The maximum absolute atomic E-state index is 12.9. The molecule has 0 bridgehead atoms. The zero-order valence-corrected chi connectivity index (χ0v) is 16.7. The monoisotopic (exact) mass is 496 g/mol. The predicted molar refractivity (Wildman–Crippen MR) is 94.9 cm³/mol. The van der Waals surface area contributed by atoms with E-state index in [1.54, 1.807) is 0 Å². The Balaban J connectivity index is 2.25. The number of rotatable bonds is 6. The van der Waals surface area contributed by atoms with E-state index in [0.29, 0.717) is 6.07 Å². The Morgan fingerprint density at radius 3 is 1.83 bits per heavy atom. The highest BCUT2D eigenvalue weighted by atomic mass is 35.5. The number of benzene rings is 2. The van der Waals surface area contributed by atoms with Gasteiger partial charge in [-0.05, 0) is 42.5 Å². The van der Waals surface area contributed by atoms with E-state index in [9.17, 15) is 43.2 Å². The average Bonchev–Trinajstić information content (AvgIpc) is 2.59. The molecule has 166 valence electrons. The van der Waals surface area contributed by atoms with Gasteiger partial charge >= 0.3 is 12.4 Å². The van der Waals surface area contributed by atoms with Gasteiger partial charge in [0.05, 0.1) is 20.4 Å². The summed E-state index contributed by atoms with van der Waals surface area (Å²) in [5.41, 5.74) is -1.61. The van der Waals surface area contributed by atoms with E-state index in [1.807, 2.05) is 4.72 Å². The maximum Gasteiger partial charge on any atom is 0.417 e. The first kappa shape index (κ1) is 24.2. The summed E-state index contributed by atoms with van der Waals surface area (Å²) < 4.78 is 127. The van der Waals surface area contributed by atoms with Crippen molar-refractivity contribution in [3.63, 3.8) is 0 Å². The lowest BCUT2D eigenvalue weighted by Gasteiger charge is -2.13. The van der Waals surface area contributed by atoms with Crippen molar-refractivity contribution in [2.24, 2.45) is 0 Å². The standard InChI is InChI=1S/C15H11ClF6N2O4S2/c16-13-6-5-11(7-12(13)15(20,21)22)30(27,28)24-9-1-3-10(4-2-9)29(25,26)23-8-14(17,18)19/h1-7,23-24H,8H2. The second kappa shape index (κ2) is 8.24. The maximum atomic E-state index is 12.9. The first-order valence-corrected chi connectivity index (χ1v) is 10.9. The van der Waals surface area contributed by atoms with Crippen LogP contribution in [-0.4, -0.2) is 29.6 Å². The third-order valence-corrected chi connectivity index (χ3v) is 6.56. The smallest absolute Gasteiger partial charge is 0.280 e. The Labute approximate surface area is 172 Å². The minimum Gasteiger partial charge on any atom is -0.280 e. The van der Waals surface area contributed by atoms with Crippen LogP contribution in [0.4, 0.5) is 32.0 Å². The molecule has 0 fully saturated rings. The van der Waals surface area contributed by atoms with Crippen LogP contribution in [-0.2, 0) is 26.2 Å². The lowest BCUT2D eigenvalue weighted by molar-refractivity contribution is -0.137. The summed E-state index contributed by atoms with van der Waals surface area (Å²) in [5.74, 6) is 0. The summed E-state index contributed by atoms with van der Waals surface area (Å²) in [6, 6.07) is 5.38. The second-order valence-corrected chi connectivity index (χ2v) is 9.57. The molecule has 2 N–H and O–H groups in total. The predicted octanol–water partition coefficient (Wildman–Crippen LogP) is 4.00. The Hall–Kier alpha value is -2.03. The number of alkyl halides is 6. The molecule has 30 heavy (non-hydrogen) atoms. The molecule has 0 atom stereocenters. The number of halogens is 7. The van der Waals surface area contributed by atoms with Crippen molar-refractivity contribution in [1.82, 2.24) is 4.72 Å². The molecule has 0 aliphatic heterocycles. The van der Waals surface area contributed by atoms with Crippen LogP contribution in [0.5, 0.6) is 0 Å². The highest BCUT2D eigenvalue weighted by molar-refractivity contribution is 7.92. The van der Waals surface area contributed by atoms with Crippen LogP contribution in [0.25, 0.3) is 0 Å². The minimum atomic E-state index is -4.90. The van der Waals surface area contributed by atoms with Crippen molar-refractivity contribution < 1.29 is 43.2 Å². The Kier molecular flexibility index (Phi) is 6.66. The molecule has 0 radical (unpaired) electrons. The first-order chi connectivity index (χ1) is 13.5. The molecule has 0 unspecified atom stereocenters. The molecule has 2 aromatic carbocycles. The summed E-state index contributed by atoms with van der Waals surface area (Å²) in [4.78, 5) is -1.34. The van der Waals surface area contributed by atoms with Gasteiger partial charge in [-0.2, -0.15) is 26.3 Å². The molecule has 2 aromatic rings. The molecule has 0 aliphatic carbocycles. The van der Waals surface area contributed by atoms with Crippen LogP contribution in [0.2, 0.25) is 5.02 Å². The fourth-order valence-corrected chi connectivity index (χ4v) is 4.39. The minimum absolute atomic E-state index is 0.242. The SMILES string of the molecule is O=S(=O)(NCC(F)(F)F)c1ccc(NS(=O)(=O)c2ccc(Cl)c(C(F)(F)F)c2)cc1. The third kappa shape index (κ3) is 6.23. The van der Waals surface area contributed by atoms with E-state index in [1.165, 1.54) is 4.72 Å². The Morgan fingerprint density at radius 1 is 0.800 bits per heavy atom. The quantitative estimate of drug-likeness (QED) is 0.591. The summed E-state index contributed by atoms with van der Waals surface area (Å²) in [7, 11) is -9.03. The summed E-state index contributed by atoms with van der Waals surface area (Å²) in [6.45, 7) is -1.80. The summed E-state index contributed by atoms with van der Waals surface area (Å²) >= 11 is 5.44. The number of hydrogen-bond donors (Lipinski definition) is 2. The van der Waals surface area contributed by atoms with Crippen molar-refractivity contribution in [2.45, 2.75) is 22.1 Å². The lowest BCUT2D eigenvalue weighted by atomic mass is 10.2. The van der Waals surface area contributed by atoms with Crippen LogP contribution in [0.1, 0.15) is 5.56 Å². The van der Waals surface area contributed by atoms with Gasteiger partial charge in [0.25, 0.3) is 10.0 Å². The molecule has 0 spiro atoms. The van der Waals surface area contributed by atoms with Gasteiger partial charge in [0.2, 0.25) is 10.0 Å². The molecule has 0 aromatic heterocycles. The Bertz CT molecular complexity index is 1130. The first-order valence-electron chi connectivity index (χ1n) is 7.57. The molecule has 0 heterocycles. The highest BCUT2D eigenvalue weighted by Crippen LogP contribution is 2.36. The highest BCUT2D eigenvalue weighted by Gasteiger charge is 2.34. The van der Waals surface area contributed by atoms with Crippen molar-refractivity contribution in [1.29, 1.82) is 0 Å². The van der Waals surface area contributed by atoms with Gasteiger partial charge in [0.15, 0.2) is 0 Å². The van der Waals surface area contributed by atoms with Crippen LogP contribution in [0, 0.1) is 0 Å². The molecule has 15 heteroatoms. The van der Waals surface area contributed by atoms with Crippen molar-refractivity contribution in [2.75, 3.05) is 11.3 Å². The topological polar surface area (TPSA) is 92.3 Å².